The molecule has 1 aliphatic rings. The van der Waals surface area contributed by atoms with Gasteiger partial charge in [-0.05, 0) is 36.0 Å². The zero-order valence-corrected chi connectivity index (χ0v) is 20.1. The summed E-state index contributed by atoms with van der Waals surface area (Å²) in [5.41, 5.74) is -0.228. The average molecular weight is 454 g/mol. The summed E-state index contributed by atoms with van der Waals surface area (Å²) in [4.78, 5) is 31.8. The highest BCUT2D eigenvalue weighted by atomic mass is 16.2. The van der Waals surface area contributed by atoms with Crippen LogP contribution in [-0.2, 0) is 4.79 Å². The van der Waals surface area contributed by atoms with E-state index in [0.717, 1.165) is 19.3 Å². The molecule has 1 fully saturated rings. The topological polar surface area (TPSA) is 128 Å². The molecule has 0 spiro atoms. The Balaban J connectivity index is 2.83. The summed E-state index contributed by atoms with van der Waals surface area (Å²) < 4.78 is 0. The van der Waals surface area contributed by atoms with E-state index in [2.05, 4.69) is 37.0 Å². The maximum atomic E-state index is 13.0. The van der Waals surface area contributed by atoms with E-state index in [1.165, 1.54) is 4.90 Å². The Morgan fingerprint density at radius 3 is 2.24 bits per heavy atom. The minimum absolute atomic E-state index is 0.0101. The molecule has 0 saturated heterocycles. The molecule has 0 heterocycles. The quantitative estimate of drug-likeness (QED) is 0.379. The third kappa shape index (κ3) is 9.80. The van der Waals surface area contributed by atoms with Crippen molar-refractivity contribution in [2.45, 2.75) is 59.3 Å². The van der Waals surface area contributed by atoms with Gasteiger partial charge in [0.15, 0.2) is 0 Å². The molecule has 2 atom stereocenters. The minimum Gasteiger partial charge on any atom is -0.337 e. The van der Waals surface area contributed by atoms with Crippen LogP contribution in [0.1, 0.15) is 59.3 Å². The Kier molecular flexibility index (Phi) is 11.2. The van der Waals surface area contributed by atoms with Crippen LogP contribution in [0, 0.1) is 57.3 Å². The molecule has 0 aromatic rings. The van der Waals surface area contributed by atoms with Gasteiger partial charge in [0.2, 0.25) is 12.5 Å². The zero-order valence-electron chi connectivity index (χ0n) is 20.1. The predicted octanol–water partition coefficient (Wildman–Crippen LogP) is 3.32. The van der Waals surface area contributed by atoms with Crippen LogP contribution in [-0.4, -0.2) is 61.0 Å². The van der Waals surface area contributed by atoms with Gasteiger partial charge in [0.05, 0.1) is 37.6 Å². The van der Waals surface area contributed by atoms with E-state index < -0.39 is 0 Å². The van der Waals surface area contributed by atoms with E-state index in [1.54, 1.807) is 4.90 Å². The Bertz CT molecular complexity index is 825. The van der Waals surface area contributed by atoms with Crippen molar-refractivity contribution in [2.24, 2.45) is 16.7 Å². The number of carbonyl (C=O) groups excluding carboxylic acids is 2. The fourth-order valence-electron chi connectivity index (χ4n) is 5.15. The van der Waals surface area contributed by atoms with Gasteiger partial charge in [0, 0.05) is 26.1 Å². The summed E-state index contributed by atoms with van der Waals surface area (Å²) in [5, 5.41) is 29.6. The molecule has 0 aromatic heterocycles. The molecule has 3 amide bonds. The molecule has 0 aromatic carbocycles. The summed E-state index contributed by atoms with van der Waals surface area (Å²) in [6.07, 6.45) is 3.32. The van der Waals surface area contributed by atoms with Crippen molar-refractivity contribution < 1.29 is 9.59 Å². The molecule has 0 bridgehead atoms. The Morgan fingerprint density at radius 1 is 1.03 bits per heavy atom. The van der Waals surface area contributed by atoms with Crippen molar-refractivity contribution in [3.8, 4) is 18.2 Å². The normalized spacial score (nSPS) is 20.9. The molecule has 9 heteroatoms. The Morgan fingerprint density at radius 2 is 1.67 bits per heavy atom. The second-order valence-corrected chi connectivity index (χ2v) is 9.95. The van der Waals surface area contributed by atoms with E-state index in [-0.39, 0.29) is 61.2 Å². The monoisotopic (exact) mass is 453 g/mol. The van der Waals surface area contributed by atoms with Crippen molar-refractivity contribution in [3.05, 3.63) is 11.4 Å². The molecular formula is C24H35N7O2. The van der Waals surface area contributed by atoms with Gasteiger partial charge in [-0.15, -0.1) is 0 Å². The first kappa shape index (κ1) is 27.7. The van der Waals surface area contributed by atoms with Gasteiger partial charge in [-0.3, -0.25) is 4.79 Å². The summed E-state index contributed by atoms with van der Waals surface area (Å²) in [7, 11) is 0. The predicted molar refractivity (Wildman–Crippen MR) is 123 cm³/mol. The lowest BCUT2D eigenvalue weighted by Crippen LogP contribution is -2.48. The average Bonchev–Trinajstić information content (AvgIpc) is 2.73. The molecule has 9 nitrogen and oxygen atoms in total. The van der Waals surface area contributed by atoms with Gasteiger partial charge >= 0.3 is 6.03 Å². The summed E-state index contributed by atoms with van der Waals surface area (Å²) >= 11 is 0. The lowest BCUT2D eigenvalue weighted by molar-refractivity contribution is -0.133. The minimum atomic E-state index is -0.356. The second-order valence-electron chi connectivity index (χ2n) is 9.95. The molecule has 178 valence electrons. The van der Waals surface area contributed by atoms with Crippen LogP contribution in [0.3, 0.4) is 0 Å². The van der Waals surface area contributed by atoms with Crippen molar-refractivity contribution in [2.75, 3.05) is 39.3 Å². The number of urea groups is 1. The van der Waals surface area contributed by atoms with Crippen molar-refractivity contribution in [1.29, 1.82) is 15.8 Å². The number of rotatable bonds is 11. The molecule has 2 unspecified atom stereocenters. The van der Waals surface area contributed by atoms with E-state index in [4.69, 9.17) is 22.4 Å². The van der Waals surface area contributed by atoms with Gasteiger partial charge in [-0.25, -0.2) is 11.4 Å². The van der Waals surface area contributed by atoms with Gasteiger partial charge in [-0.2, -0.15) is 15.8 Å². The van der Waals surface area contributed by atoms with Crippen molar-refractivity contribution in [1.82, 2.24) is 15.1 Å². The van der Waals surface area contributed by atoms with Crippen LogP contribution in [0.5, 0.6) is 0 Å². The van der Waals surface area contributed by atoms with Crippen LogP contribution in [0.4, 0.5) is 4.79 Å². The van der Waals surface area contributed by atoms with Crippen LogP contribution in [0.2, 0.25) is 0 Å². The van der Waals surface area contributed by atoms with Crippen molar-refractivity contribution >= 4 is 11.9 Å². The summed E-state index contributed by atoms with van der Waals surface area (Å²) in [6, 6.07) is 5.66. The third-order valence-electron chi connectivity index (χ3n) is 6.03. The van der Waals surface area contributed by atoms with Crippen LogP contribution < -0.4 is 5.32 Å². The number of hydrogen-bond donors (Lipinski definition) is 1. The van der Waals surface area contributed by atoms with Crippen LogP contribution in [0.15, 0.2) is 0 Å². The first-order valence-corrected chi connectivity index (χ1v) is 11.3. The third-order valence-corrected chi connectivity index (χ3v) is 6.03. The Labute approximate surface area is 197 Å². The van der Waals surface area contributed by atoms with Crippen LogP contribution in [0.25, 0.3) is 4.85 Å². The van der Waals surface area contributed by atoms with Gasteiger partial charge in [0.1, 0.15) is 6.54 Å². The molecule has 1 saturated carbocycles. The maximum absolute atomic E-state index is 13.0. The molecule has 0 aliphatic heterocycles. The lowest BCUT2D eigenvalue weighted by atomic mass is 9.60. The number of nitrogens with zero attached hydrogens (tertiary/aromatic N) is 6. The second kappa shape index (κ2) is 13.3. The van der Waals surface area contributed by atoms with Crippen LogP contribution >= 0.6 is 0 Å². The fraction of sp³-hybridized carbons (Fsp3) is 0.750. The number of carbonyl (C=O) groups is 2. The highest BCUT2D eigenvalue weighted by Crippen LogP contribution is 2.49. The Hall–Kier alpha value is -3.30. The molecule has 0 radical (unpaired) electrons. The van der Waals surface area contributed by atoms with E-state index >= 15 is 0 Å². The number of nitrogens with one attached hydrogen (secondary N) is 1. The SMILES string of the molecule is [C-]#[N+]CCN(CCC#N)C(=O)CC1CC(C)(C)CC(C)(CNC(=O)N(CC#N)CCC#N)C1. The van der Waals surface area contributed by atoms with E-state index in [0.29, 0.717) is 26.1 Å². The zero-order chi connectivity index (χ0) is 24.9. The highest BCUT2D eigenvalue weighted by molar-refractivity contribution is 5.76. The van der Waals surface area contributed by atoms with E-state index in [1.807, 2.05) is 12.1 Å². The summed E-state index contributed by atoms with van der Waals surface area (Å²) in [6.45, 7) is 14.9. The maximum Gasteiger partial charge on any atom is 0.318 e. The number of hydrogen-bond acceptors (Lipinski definition) is 5. The van der Waals surface area contributed by atoms with Crippen molar-refractivity contribution in [3.63, 3.8) is 0 Å². The van der Waals surface area contributed by atoms with Gasteiger partial charge in [-0.1, -0.05) is 20.8 Å². The van der Waals surface area contributed by atoms with E-state index in [9.17, 15) is 9.59 Å². The first-order chi connectivity index (χ1) is 15.6. The fourth-order valence-corrected chi connectivity index (χ4v) is 5.15. The molecular weight excluding hydrogens is 418 g/mol. The molecule has 1 rings (SSSR count). The standard InChI is InChI=1S/C24H35N7O2/c1-23(2)16-20(15-21(32)30(11-5-7-25)14-10-28-4)17-24(3,18-23)19-29-22(33)31(13-9-27)12-6-8-26/h20H,5-6,10-19H2,1-3H3,(H,29,33). The highest BCUT2D eigenvalue weighted by Gasteiger charge is 2.42. The molecule has 1 aliphatic carbocycles. The van der Waals surface area contributed by atoms with Gasteiger partial charge in [0.25, 0.3) is 0 Å². The van der Waals surface area contributed by atoms with Gasteiger partial charge < -0.3 is 20.0 Å². The first-order valence-electron chi connectivity index (χ1n) is 11.3. The molecule has 1 N–H and O–H groups in total. The number of amides is 3. The lowest BCUT2D eigenvalue weighted by Gasteiger charge is -2.47. The largest absolute Gasteiger partial charge is 0.337 e. The number of nitriles is 3. The summed E-state index contributed by atoms with van der Waals surface area (Å²) in [5.74, 6) is 0.106. The smallest absolute Gasteiger partial charge is 0.318 e. The molecule has 33 heavy (non-hydrogen) atoms.